The third-order valence-electron chi connectivity index (χ3n) is 10.3. The van der Waals surface area contributed by atoms with Crippen molar-refractivity contribution in [3.05, 3.63) is 24.3 Å². The summed E-state index contributed by atoms with van der Waals surface area (Å²) in [6.07, 6.45) is 50.6. The zero-order valence-electron chi connectivity index (χ0n) is 36.9. The van der Waals surface area contributed by atoms with E-state index in [9.17, 15) is 14.3 Å². The number of hydrogen-bond acceptors (Lipinski definition) is 7. The zero-order chi connectivity index (χ0) is 40.9. The van der Waals surface area contributed by atoms with Gasteiger partial charge in [-0.1, -0.05) is 186 Å². The van der Waals surface area contributed by atoms with E-state index in [1.165, 1.54) is 167 Å². The summed E-state index contributed by atoms with van der Waals surface area (Å²) in [5.74, 6) is -0.336. The van der Waals surface area contributed by atoms with Crippen LogP contribution < -0.4 is 5.73 Å². The summed E-state index contributed by atoms with van der Waals surface area (Å²) in [6, 6.07) is 0. The van der Waals surface area contributed by atoms with Crippen molar-refractivity contribution in [2.24, 2.45) is 5.73 Å². The smallest absolute Gasteiger partial charge is 0.457 e. The topological polar surface area (TPSA) is 117 Å². The van der Waals surface area contributed by atoms with Crippen molar-refractivity contribution in [3.63, 3.8) is 0 Å². The molecule has 0 amide bonds. The number of rotatable bonds is 46. The van der Waals surface area contributed by atoms with Crippen LogP contribution in [0.15, 0.2) is 24.3 Å². The van der Waals surface area contributed by atoms with Crippen LogP contribution in [0.25, 0.3) is 0 Å². The molecule has 332 valence electrons. The number of esters is 1. The zero-order valence-corrected chi connectivity index (χ0v) is 37.8. The van der Waals surface area contributed by atoms with Gasteiger partial charge in [-0.05, 0) is 64.2 Å². The summed E-state index contributed by atoms with van der Waals surface area (Å²) in [4.78, 5) is 22.5. The van der Waals surface area contributed by atoms with E-state index in [2.05, 4.69) is 38.2 Å². The van der Waals surface area contributed by atoms with Gasteiger partial charge in [-0.2, -0.15) is 0 Å². The second-order valence-electron chi connectivity index (χ2n) is 16.0. The van der Waals surface area contributed by atoms with Gasteiger partial charge in [-0.25, -0.2) is 4.57 Å². The highest BCUT2D eigenvalue weighted by molar-refractivity contribution is 7.47. The van der Waals surface area contributed by atoms with Gasteiger partial charge in [0.1, 0.15) is 6.10 Å². The Bertz CT molecular complexity index is 915. The SMILES string of the molecule is CCCCCCCC/C=C\CCCCCCCC(=O)OC(COCCCCCCCCCCCC/C=C\CCCCCCCCCC)COP(=O)(O)OCCN. The Morgan fingerprint density at radius 1 is 0.518 bits per heavy atom. The van der Waals surface area contributed by atoms with Gasteiger partial charge in [0.05, 0.1) is 19.8 Å². The van der Waals surface area contributed by atoms with E-state index in [1.54, 1.807) is 0 Å². The minimum absolute atomic E-state index is 0.0957. The molecule has 0 aliphatic heterocycles. The van der Waals surface area contributed by atoms with E-state index in [-0.39, 0.29) is 32.3 Å². The molecule has 0 aliphatic carbocycles. The molecule has 3 N–H and O–H groups in total. The van der Waals surface area contributed by atoms with Gasteiger partial charge in [0.2, 0.25) is 0 Å². The van der Waals surface area contributed by atoms with E-state index < -0.39 is 13.9 Å². The molecule has 2 unspecified atom stereocenters. The van der Waals surface area contributed by atoms with Crippen LogP contribution in [0.4, 0.5) is 0 Å². The highest BCUT2D eigenvalue weighted by Gasteiger charge is 2.25. The summed E-state index contributed by atoms with van der Waals surface area (Å²) >= 11 is 0. The fourth-order valence-electron chi connectivity index (χ4n) is 6.81. The molecule has 0 spiro atoms. The minimum Gasteiger partial charge on any atom is -0.457 e. The first kappa shape index (κ1) is 55.0. The molecule has 8 nitrogen and oxygen atoms in total. The summed E-state index contributed by atoms with van der Waals surface area (Å²) in [6.45, 7) is 4.94. The predicted octanol–water partition coefficient (Wildman–Crippen LogP) is 14.4. The lowest BCUT2D eigenvalue weighted by molar-refractivity contribution is -0.154. The van der Waals surface area contributed by atoms with Crippen LogP contribution in [0.2, 0.25) is 0 Å². The summed E-state index contributed by atoms with van der Waals surface area (Å²) in [5, 5.41) is 0. The van der Waals surface area contributed by atoms with Crippen molar-refractivity contribution in [1.82, 2.24) is 0 Å². The molecule has 0 saturated heterocycles. The first-order chi connectivity index (χ1) is 27.4. The number of nitrogens with two attached hydrogens (primary N) is 1. The predicted molar refractivity (Wildman–Crippen MR) is 238 cm³/mol. The van der Waals surface area contributed by atoms with Crippen LogP contribution in [0.5, 0.6) is 0 Å². The average Bonchev–Trinajstić information content (AvgIpc) is 3.19. The van der Waals surface area contributed by atoms with Gasteiger partial charge in [0, 0.05) is 19.6 Å². The van der Waals surface area contributed by atoms with Crippen molar-refractivity contribution in [2.75, 3.05) is 33.0 Å². The van der Waals surface area contributed by atoms with E-state index in [4.69, 9.17) is 24.3 Å². The lowest BCUT2D eigenvalue weighted by Crippen LogP contribution is -2.28. The van der Waals surface area contributed by atoms with Crippen molar-refractivity contribution in [3.8, 4) is 0 Å². The lowest BCUT2D eigenvalue weighted by atomic mass is 10.1. The van der Waals surface area contributed by atoms with Crippen molar-refractivity contribution >= 4 is 13.8 Å². The van der Waals surface area contributed by atoms with Gasteiger partial charge in [0.15, 0.2) is 0 Å². The number of hydrogen-bond donors (Lipinski definition) is 2. The van der Waals surface area contributed by atoms with Gasteiger partial charge in [-0.15, -0.1) is 0 Å². The van der Waals surface area contributed by atoms with Gasteiger partial charge in [0.25, 0.3) is 0 Å². The first-order valence-electron chi connectivity index (χ1n) is 23.8. The third-order valence-corrected chi connectivity index (χ3v) is 11.3. The van der Waals surface area contributed by atoms with Crippen LogP contribution in [0, 0.1) is 0 Å². The highest BCUT2D eigenvalue weighted by atomic mass is 31.2. The number of phosphoric acid groups is 1. The Morgan fingerprint density at radius 2 is 0.893 bits per heavy atom. The monoisotopic (exact) mass is 814 g/mol. The molecular formula is C47H92NO7P. The van der Waals surface area contributed by atoms with Crippen LogP contribution in [0.1, 0.15) is 232 Å². The standard InChI is InChI=1S/C47H92NO7P/c1-3-5-7-9-11-13-15-17-19-20-21-22-23-24-25-27-29-31-33-35-37-39-42-52-44-46(45-54-56(50,51)53-43-41-48)55-47(49)40-38-36-34-32-30-28-26-18-16-14-12-10-8-6-4-2/h18,20-21,26,46H,3-17,19,22-25,27-45,48H2,1-2H3,(H,50,51)/b21-20-,26-18-. The Labute approximate surface area is 346 Å². The number of unbranched alkanes of at least 4 members (excludes halogenated alkanes) is 29. The maximum atomic E-state index is 12.6. The number of carbonyl (C=O) groups excluding carboxylic acids is 1. The molecule has 2 atom stereocenters. The van der Waals surface area contributed by atoms with Crippen LogP contribution in [-0.4, -0.2) is 49.9 Å². The second-order valence-corrected chi connectivity index (χ2v) is 17.4. The van der Waals surface area contributed by atoms with Gasteiger partial charge in [-0.3, -0.25) is 13.8 Å². The molecule has 0 heterocycles. The number of ether oxygens (including phenoxy) is 2. The highest BCUT2D eigenvalue weighted by Crippen LogP contribution is 2.43. The van der Waals surface area contributed by atoms with Crippen LogP contribution in [0.3, 0.4) is 0 Å². The molecule has 0 fully saturated rings. The molecule has 0 aromatic rings. The van der Waals surface area contributed by atoms with Gasteiger partial charge >= 0.3 is 13.8 Å². The van der Waals surface area contributed by atoms with Crippen LogP contribution >= 0.6 is 7.82 Å². The fourth-order valence-corrected chi connectivity index (χ4v) is 7.58. The van der Waals surface area contributed by atoms with Crippen molar-refractivity contribution < 1.29 is 32.8 Å². The molecule has 56 heavy (non-hydrogen) atoms. The fraction of sp³-hybridized carbons (Fsp3) is 0.894. The molecule has 0 aliphatic rings. The van der Waals surface area contributed by atoms with E-state index >= 15 is 0 Å². The summed E-state index contributed by atoms with van der Waals surface area (Å²) in [7, 11) is -4.28. The quantitative estimate of drug-likeness (QED) is 0.0270. The molecule has 0 aromatic heterocycles. The molecule has 0 bridgehead atoms. The van der Waals surface area contributed by atoms with E-state index in [0.29, 0.717) is 13.0 Å². The average molecular weight is 814 g/mol. The first-order valence-corrected chi connectivity index (χ1v) is 25.3. The molecule has 0 radical (unpaired) electrons. The van der Waals surface area contributed by atoms with Crippen LogP contribution in [-0.2, 0) is 27.9 Å². The number of allylic oxidation sites excluding steroid dienone is 4. The molecule has 9 heteroatoms. The van der Waals surface area contributed by atoms with Crippen molar-refractivity contribution in [1.29, 1.82) is 0 Å². The Kier molecular flexibility index (Phi) is 44.3. The van der Waals surface area contributed by atoms with E-state index in [0.717, 1.165) is 44.9 Å². The minimum atomic E-state index is -4.28. The van der Waals surface area contributed by atoms with Crippen molar-refractivity contribution in [2.45, 2.75) is 238 Å². The summed E-state index contributed by atoms with van der Waals surface area (Å²) < 4.78 is 33.5. The molecular weight excluding hydrogens is 721 g/mol. The summed E-state index contributed by atoms with van der Waals surface area (Å²) in [5.41, 5.74) is 5.38. The van der Waals surface area contributed by atoms with Gasteiger partial charge < -0.3 is 20.1 Å². The van der Waals surface area contributed by atoms with E-state index in [1.807, 2.05) is 0 Å². The molecule has 0 saturated carbocycles. The Morgan fingerprint density at radius 3 is 1.30 bits per heavy atom. The maximum absolute atomic E-state index is 12.6. The number of carbonyl (C=O) groups is 1. The largest absolute Gasteiger partial charge is 0.472 e. The Balaban J connectivity index is 3.94. The normalized spacial score (nSPS) is 13.6. The molecule has 0 aromatic carbocycles. The Hall–Kier alpha value is -1.02. The third kappa shape index (κ3) is 44.1. The maximum Gasteiger partial charge on any atom is 0.472 e. The second kappa shape index (κ2) is 45.1. The number of phosphoric ester groups is 1. The lowest BCUT2D eigenvalue weighted by Gasteiger charge is -2.20. The molecule has 0 rings (SSSR count).